The van der Waals surface area contributed by atoms with Crippen molar-refractivity contribution >= 4 is 5.91 Å². The number of morpholine rings is 1. The van der Waals surface area contributed by atoms with Crippen molar-refractivity contribution < 1.29 is 9.53 Å². The van der Waals surface area contributed by atoms with Crippen LogP contribution < -0.4 is 0 Å². The molecule has 0 aromatic rings. The van der Waals surface area contributed by atoms with Gasteiger partial charge in [-0.05, 0) is 44.4 Å². The molecule has 4 nitrogen and oxygen atoms in total. The van der Waals surface area contributed by atoms with Crippen molar-refractivity contribution in [3.8, 4) is 0 Å². The van der Waals surface area contributed by atoms with E-state index in [9.17, 15) is 4.79 Å². The van der Waals surface area contributed by atoms with Gasteiger partial charge in [0.15, 0.2) is 0 Å². The molecule has 1 saturated carbocycles. The highest BCUT2D eigenvalue weighted by Crippen LogP contribution is 2.37. The predicted octanol–water partition coefficient (Wildman–Crippen LogP) is 2.44. The first kappa shape index (κ1) is 15.6. The third kappa shape index (κ3) is 3.20. The highest BCUT2D eigenvalue weighted by atomic mass is 16.5. The van der Waals surface area contributed by atoms with Gasteiger partial charge in [0.05, 0.1) is 24.2 Å². The van der Waals surface area contributed by atoms with E-state index >= 15 is 0 Å². The summed E-state index contributed by atoms with van der Waals surface area (Å²) >= 11 is 0. The first-order chi connectivity index (χ1) is 11.2. The van der Waals surface area contributed by atoms with Gasteiger partial charge >= 0.3 is 0 Å². The van der Waals surface area contributed by atoms with Crippen LogP contribution in [0.4, 0.5) is 0 Å². The van der Waals surface area contributed by atoms with Crippen molar-refractivity contribution in [3.05, 3.63) is 12.2 Å². The number of carbonyl (C=O) groups excluding carboxylic acids is 1. The zero-order chi connectivity index (χ0) is 15.9. The van der Waals surface area contributed by atoms with Crippen LogP contribution in [0.25, 0.3) is 0 Å². The Bertz CT molecular complexity index is 488. The molecule has 4 aliphatic rings. The Morgan fingerprint density at radius 1 is 1.26 bits per heavy atom. The van der Waals surface area contributed by atoms with Gasteiger partial charge in [0.25, 0.3) is 0 Å². The number of amides is 1. The average Bonchev–Trinajstić information content (AvgIpc) is 3.39. The SMILES string of the molecule is CC1(C(=O)N2CC[C@@H]3OCCN(CC4CC4)[C@H]3C2)CC=CCC1. The molecule has 3 atom stereocenters. The molecule has 4 rings (SSSR count). The van der Waals surface area contributed by atoms with Crippen LogP contribution in [0, 0.1) is 11.3 Å². The summed E-state index contributed by atoms with van der Waals surface area (Å²) in [4.78, 5) is 17.9. The van der Waals surface area contributed by atoms with Crippen molar-refractivity contribution in [1.29, 1.82) is 0 Å². The molecular weight excluding hydrogens is 288 g/mol. The fourth-order valence-electron chi connectivity index (χ4n) is 4.53. The molecule has 4 heteroatoms. The Morgan fingerprint density at radius 3 is 2.87 bits per heavy atom. The van der Waals surface area contributed by atoms with Crippen molar-refractivity contribution in [2.75, 3.05) is 32.8 Å². The van der Waals surface area contributed by atoms with E-state index in [1.807, 2.05) is 0 Å². The van der Waals surface area contributed by atoms with Gasteiger partial charge < -0.3 is 9.64 Å². The fourth-order valence-corrected chi connectivity index (χ4v) is 4.53. The Hall–Kier alpha value is -0.870. The Balaban J connectivity index is 1.44. The molecule has 1 unspecified atom stereocenters. The van der Waals surface area contributed by atoms with Gasteiger partial charge in [0, 0.05) is 26.2 Å². The molecule has 2 aliphatic heterocycles. The summed E-state index contributed by atoms with van der Waals surface area (Å²) in [5.41, 5.74) is -0.182. The monoisotopic (exact) mass is 318 g/mol. The van der Waals surface area contributed by atoms with Gasteiger partial charge in [-0.25, -0.2) is 0 Å². The van der Waals surface area contributed by atoms with Gasteiger partial charge in [-0.3, -0.25) is 9.69 Å². The van der Waals surface area contributed by atoms with Gasteiger partial charge in [-0.2, -0.15) is 0 Å². The zero-order valence-corrected chi connectivity index (χ0v) is 14.4. The van der Waals surface area contributed by atoms with Crippen LogP contribution in [0.15, 0.2) is 12.2 Å². The Kier molecular flexibility index (Phi) is 4.22. The predicted molar refractivity (Wildman–Crippen MR) is 90.1 cm³/mol. The van der Waals surface area contributed by atoms with Crippen LogP contribution in [0.3, 0.4) is 0 Å². The fraction of sp³-hybridized carbons (Fsp3) is 0.842. The molecule has 2 saturated heterocycles. The summed E-state index contributed by atoms with van der Waals surface area (Å²) < 4.78 is 6.02. The maximum atomic E-state index is 13.1. The second-order valence-corrected chi connectivity index (χ2v) is 8.23. The summed E-state index contributed by atoms with van der Waals surface area (Å²) in [6.45, 7) is 7.02. The maximum Gasteiger partial charge on any atom is 0.228 e. The quantitative estimate of drug-likeness (QED) is 0.749. The lowest BCUT2D eigenvalue weighted by Gasteiger charge is -2.48. The topological polar surface area (TPSA) is 32.8 Å². The van der Waals surface area contributed by atoms with Gasteiger partial charge in [0.2, 0.25) is 5.91 Å². The number of nitrogens with zero attached hydrogens (tertiary/aromatic N) is 2. The molecule has 0 aromatic carbocycles. The largest absolute Gasteiger partial charge is 0.375 e. The lowest BCUT2D eigenvalue weighted by atomic mass is 9.77. The number of hydrogen-bond donors (Lipinski definition) is 0. The number of fused-ring (bicyclic) bond motifs is 1. The minimum absolute atomic E-state index is 0.182. The van der Waals surface area contributed by atoms with E-state index in [2.05, 4.69) is 28.9 Å². The van der Waals surface area contributed by atoms with Crippen LogP contribution in [0.2, 0.25) is 0 Å². The van der Waals surface area contributed by atoms with E-state index in [4.69, 9.17) is 4.74 Å². The van der Waals surface area contributed by atoms with E-state index in [1.165, 1.54) is 19.4 Å². The van der Waals surface area contributed by atoms with Crippen LogP contribution in [0.1, 0.15) is 45.4 Å². The highest BCUT2D eigenvalue weighted by Gasteiger charge is 2.43. The van der Waals surface area contributed by atoms with E-state index in [0.717, 1.165) is 57.8 Å². The van der Waals surface area contributed by atoms with Crippen molar-refractivity contribution in [2.45, 2.75) is 57.6 Å². The molecule has 0 spiro atoms. The van der Waals surface area contributed by atoms with E-state index < -0.39 is 0 Å². The summed E-state index contributed by atoms with van der Waals surface area (Å²) in [5, 5.41) is 0. The third-order valence-electron chi connectivity index (χ3n) is 6.29. The molecule has 23 heavy (non-hydrogen) atoms. The van der Waals surface area contributed by atoms with Crippen LogP contribution in [-0.2, 0) is 9.53 Å². The standard InChI is InChI=1S/C19H30N2O2/c1-19(8-3-2-4-9-19)18(22)21-10-7-17-16(14-21)20(11-12-23-17)13-15-5-6-15/h2-3,15-17H,4-14H2,1H3/t16-,17-,19?/m0/s1. The number of carbonyl (C=O) groups is 1. The van der Waals surface area contributed by atoms with Crippen LogP contribution in [0.5, 0.6) is 0 Å². The molecule has 0 aromatic heterocycles. The molecule has 0 N–H and O–H groups in total. The summed E-state index contributed by atoms with van der Waals surface area (Å²) in [6, 6.07) is 0.421. The first-order valence-electron chi connectivity index (χ1n) is 9.46. The summed E-state index contributed by atoms with van der Waals surface area (Å²) in [7, 11) is 0. The number of hydrogen-bond acceptors (Lipinski definition) is 3. The smallest absolute Gasteiger partial charge is 0.228 e. The molecule has 0 radical (unpaired) electrons. The van der Waals surface area contributed by atoms with Crippen molar-refractivity contribution in [2.24, 2.45) is 11.3 Å². The second kappa shape index (κ2) is 6.21. The molecule has 2 heterocycles. The lowest BCUT2D eigenvalue weighted by molar-refractivity contribution is -0.152. The molecule has 3 fully saturated rings. The second-order valence-electron chi connectivity index (χ2n) is 8.23. The number of piperidine rings is 1. The van der Waals surface area contributed by atoms with E-state index in [-0.39, 0.29) is 5.41 Å². The third-order valence-corrected chi connectivity index (χ3v) is 6.29. The minimum Gasteiger partial charge on any atom is -0.375 e. The lowest BCUT2D eigenvalue weighted by Crippen LogP contribution is -2.62. The number of ether oxygens (including phenoxy) is 1. The van der Waals surface area contributed by atoms with Gasteiger partial charge in [-0.1, -0.05) is 19.1 Å². The average molecular weight is 318 g/mol. The molecule has 0 bridgehead atoms. The summed E-state index contributed by atoms with van der Waals surface area (Å²) in [6.07, 6.45) is 11.5. The number of allylic oxidation sites excluding steroid dienone is 2. The highest BCUT2D eigenvalue weighted by molar-refractivity contribution is 5.83. The number of rotatable bonds is 3. The summed E-state index contributed by atoms with van der Waals surface area (Å²) in [5.74, 6) is 1.28. The van der Waals surface area contributed by atoms with Crippen LogP contribution >= 0.6 is 0 Å². The van der Waals surface area contributed by atoms with E-state index in [0.29, 0.717) is 18.1 Å². The maximum absolute atomic E-state index is 13.1. The van der Waals surface area contributed by atoms with Crippen LogP contribution in [-0.4, -0.2) is 60.6 Å². The first-order valence-corrected chi connectivity index (χ1v) is 9.46. The Labute approximate surface area is 139 Å². The van der Waals surface area contributed by atoms with Gasteiger partial charge in [-0.15, -0.1) is 0 Å². The van der Waals surface area contributed by atoms with Crippen molar-refractivity contribution in [3.63, 3.8) is 0 Å². The Morgan fingerprint density at radius 2 is 2.13 bits per heavy atom. The van der Waals surface area contributed by atoms with Crippen molar-refractivity contribution in [1.82, 2.24) is 9.80 Å². The molecule has 2 aliphatic carbocycles. The number of likely N-dealkylation sites (tertiary alicyclic amines) is 1. The molecule has 128 valence electrons. The van der Waals surface area contributed by atoms with Gasteiger partial charge in [0.1, 0.15) is 0 Å². The molecule has 1 amide bonds. The molecular formula is C19H30N2O2. The normalized spacial score (nSPS) is 38.4. The van der Waals surface area contributed by atoms with E-state index in [1.54, 1.807) is 0 Å². The zero-order valence-electron chi connectivity index (χ0n) is 14.4. The minimum atomic E-state index is -0.182.